The van der Waals surface area contributed by atoms with Crippen molar-refractivity contribution in [3.63, 3.8) is 0 Å². The van der Waals surface area contributed by atoms with E-state index >= 15 is 0 Å². The highest BCUT2D eigenvalue weighted by Gasteiger charge is 2.43. The number of carbonyl (C=O) groups is 3. The lowest BCUT2D eigenvalue weighted by Crippen LogP contribution is -2.62. The van der Waals surface area contributed by atoms with Crippen molar-refractivity contribution < 1.29 is 23.2 Å². The van der Waals surface area contributed by atoms with Gasteiger partial charge in [-0.05, 0) is 63.5 Å². The van der Waals surface area contributed by atoms with E-state index in [-0.39, 0.29) is 29.8 Å². The lowest BCUT2D eigenvalue weighted by atomic mass is 9.80. The minimum atomic E-state index is -1.17. The number of halogens is 2. The number of rotatable bonds is 12. The third-order valence-electron chi connectivity index (χ3n) is 6.31. The second-order valence-electron chi connectivity index (χ2n) is 10.1. The summed E-state index contributed by atoms with van der Waals surface area (Å²) in [4.78, 5) is 42.0. The molecule has 3 rings (SSSR count). The number of hydrogen-bond acceptors (Lipinski definition) is 8. The number of amides is 2. The van der Waals surface area contributed by atoms with Crippen molar-refractivity contribution in [3.05, 3.63) is 41.5 Å². The zero-order chi connectivity index (χ0) is 27.0. The second-order valence-corrected chi connectivity index (χ2v) is 11.2. The van der Waals surface area contributed by atoms with Gasteiger partial charge in [0.1, 0.15) is 11.4 Å². The summed E-state index contributed by atoms with van der Waals surface area (Å²) in [6.07, 6.45) is 3.74. The predicted octanol–water partition coefficient (Wildman–Crippen LogP) is 4.13. The number of ketones is 1. The first-order valence-electron chi connectivity index (χ1n) is 12.6. The lowest BCUT2D eigenvalue weighted by molar-refractivity contribution is -0.129. The van der Waals surface area contributed by atoms with Crippen molar-refractivity contribution >= 4 is 41.8 Å². The van der Waals surface area contributed by atoms with Crippen molar-refractivity contribution in [2.75, 3.05) is 26.4 Å². The maximum absolute atomic E-state index is 13.7. The van der Waals surface area contributed by atoms with Crippen LogP contribution in [-0.4, -0.2) is 70.7 Å². The molecule has 2 N–H and O–H groups in total. The largest absolute Gasteiger partial charge is 0.408 e. The molecule has 0 radical (unpaired) electrons. The number of thioether (sulfide) groups is 1. The Morgan fingerprint density at radius 1 is 1.11 bits per heavy atom. The van der Waals surface area contributed by atoms with Gasteiger partial charge in [-0.1, -0.05) is 44.9 Å². The normalized spacial score (nSPS) is 15.6. The van der Waals surface area contributed by atoms with Gasteiger partial charge >= 0.3 is 0 Å². The van der Waals surface area contributed by atoms with Crippen LogP contribution in [0.25, 0.3) is 0 Å². The summed E-state index contributed by atoms with van der Waals surface area (Å²) < 4.78 is 18.9. The highest BCUT2D eigenvalue weighted by atomic mass is 35.5. The van der Waals surface area contributed by atoms with Crippen molar-refractivity contribution in [2.45, 2.75) is 69.2 Å². The van der Waals surface area contributed by atoms with Crippen LogP contribution in [-0.2, 0) is 4.79 Å². The minimum Gasteiger partial charge on any atom is -0.408 e. The van der Waals surface area contributed by atoms with Crippen LogP contribution in [0.15, 0.2) is 33.9 Å². The Bertz CT molecular complexity index is 1070. The Morgan fingerprint density at radius 2 is 1.76 bits per heavy atom. The van der Waals surface area contributed by atoms with Crippen molar-refractivity contribution in [1.82, 2.24) is 25.7 Å². The maximum Gasteiger partial charge on any atom is 0.286 e. The number of nitrogens with zero attached hydrogens (tertiary/aromatic N) is 3. The van der Waals surface area contributed by atoms with Crippen LogP contribution in [0.2, 0.25) is 0 Å². The van der Waals surface area contributed by atoms with E-state index in [1.54, 1.807) is 0 Å². The van der Waals surface area contributed by atoms with Crippen LogP contribution in [0.4, 0.5) is 4.39 Å². The molecule has 1 aliphatic carbocycles. The Balaban J connectivity index is 0.00000507. The van der Waals surface area contributed by atoms with Crippen LogP contribution in [0.1, 0.15) is 73.4 Å². The molecule has 1 fully saturated rings. The number of benzene rings is 1. The summed E-state index contributed by atoms with van der Waals surface area (Å²) in [6.45, 7) is 4.72. The highest BCUT2D eigenvalue weighted by molar-refractivity contribution is 7.99. The molecule has 1 saturated carbocycles. The smallest absolute Gasteiger partial charge is 0.286 e. The van der Waals surface area contributed by atoms with Gasteiger partial charge in [-0.15, -0.1) is 22.6 Å². The Hall–Kier alpha value is -2.50. The molecule has 1 aromatic heterocycles. The third-order valence-corrected chi connectivity index (χ3v) is 7.11. The molecule has 0 saturated heterocycles. The topological polar surface area (TPSA) is 117 Å². The zero-order valence-electron chi connectivity index (χ0n) is 22.3. The Morgan fingerprint density at radius 3 is 2.37 bits per heavy atom. The average Bonchev–Trinajstić information content (AvgIpc) is 3.32. The zero-order valence-corrected chi connectivity index (χ0v) is 23.9. The number of nitrogens with one attached hydrogen (secondary N) is 2. The van der Waals surface area contributed by atoms with E-state index in [1.807, 2.05) is 32.8 Å². The van der Waals surface area contributed by atoms with Crippen LogP contribution >= 0.6 is 24.2 Å². The van der Waals surface area contributed by atoms with E-state index in [1.165, 1.54) is 36.0 Å². The molecule has 1 heterocycles. The molecule has 1 unspecified atom stereocenters. The summed E-state index contributed by atoms with van der Waals surface area (Å²) in [5.41, 5.74) is -0.902. The van der Waals surface area contributed by atoms with E-state index in [0.717, 1.165) is 31.6 Å². The van der Waals surface area contributed by atoms with Gasteiger partial charge in [-0.2, -0.15) is 0 Å². The molecule has 0 spiro atoms. The fraction of sp³-hybridized carbons (Fsp3) is 0.577. The number of Topliss-reactive ketones (excluding diaryl/α,β-unsaturated/α-hetero) is 1. The molecule has 1 atom stereocenters. The van der Waals surface area contributed by atoms with Gasteiger partial charge in [-0.3, -0.25) is 14.4 Å². The molecule has 9 nitrogen and oxygen atoms in total. The molecule has 0 aliphatic heterocycles. The van der Waals surface area contributed by atoms with Gasteiger partial charge in [0.15, 0.2) is 0 Å². The van der Waals surface area contributed by atoms with Crippen LogP contribution in [0.5, 0.6) is 0 Å². The quantitative estimate of drug-likeness (QED) is 0.289. The molecule has 2 aromatic rings. The fourth-order valence-electron chi connectivity index (χ4n) is 4.29. The van der Waals surface area contributed by atoms with Gasteiger partial charge in [-0.25, -0.2) is 4.39 Å². The van der Waals surface area contributed by atoms with Gasteiger partial charge in [0.05, 0.1) is 6.04 Å². The van der Waals surface area contributed by atoms with Crippen molar-refractivity contribution in [1.29, 1.82) is 0 Å². The monoisotopic (exact) mass is 569 g/mol. The average molecular weight is 570 g/mol. The molecule has 12 heteroatoms. The van der Waals surface area contributed by atoms with Crippen LogP contribution in [0.3, 0.4) is 0 Å². The van der Waals surface area contributed by atoms with E-state index < -0.39 is 35.0 Å². The molecular formula is C26H37ClFN5O4S. The summed E-state index contributed by atoms with van der Waals surface area (Å²) in [7, 11) is 3.92. The molecule has 1 aromatic carbocycles. The SMILES string of the molecule is CC(C)CC(NC(=O)C1(NC(=O)c2ccc(F)cc2)CCCCC1)C(=O)c1nnc(SCCN(C)C)o1.Cl. The second kappa shape index (κ2) is 14.6. The predicted molar refractivity (Wildman–Crippen MR) is 146 cm³/mol. The summed E-state index contributed by atoms with van der Waals surface area (Å²) in [5, 5.41) is 14.0. The standard InChI is InChI=1S/C26H36FN5O4S.ClH/c1-17(2)16-20(21(33)23-30-31-25(36-23)37-15-14-32(3)4)28-24(35)26(12-6-5-7-13-26)29-22(34)18-8-10-19(27)11-9-18;/h8-11,17,20H,5-7,12-16H2,1-4H3,(H,28,35)(H,29,34);1H. The van der Waals surface area contributed by atoms with E-state index in [4.69, 9.17) is 4.42 Å². The number of aromatic nitrogens is 2. The first kappa shape index (κ1) is 31.7. The van der Waals surface area contributed by atoms with E-state index in [0.29, 0.717) is 24.5 Å². The molecular weight excluding hydrogens is 533 g/mol. The van der Waals surface area contributed by atoms with Gasteiger partial charge in [0, 0.05) is 17.9 Å². The summed E-state index contributed by atoms with van der Waals surface area (Å²) >= 11 is 1.36. The Labute approximate surface area is 233 Å². The third kappa shape index (κ3) is 8.78. The van der Waals surface area contributed by atoms with Crippen LogP contribution in [0, 0.1) is 11.7 Å². The van der Waals surface area contributed by atoms with E-state index in [2.05, 4.69) is 20.8 Å². The number of carbonyl (C=O) groups excluding carboxylic acids is 3. The Kier molecular flexibility index (Phi) is 12.2. The summed E-state index contributed by atoms with van der Waals surface area (Å²) in [5.74, 6) is -1.09. The lowest BCUT2D eigenvalue weighted by Gasteiger charge is -2.37. The number of hydrogen-bond donors (Lipinski definition) is 2. The van der Waals surface area contributed by atoms with Crippen molar-refractivity contribution in [3.8, 4) is 0 Å². The highest BCUT2D eigenvalue weighted by Crippen LogP contribution is 2.30. The molecule has 210 valence electrons. The van der Waals surface area contributed by atoms with Gasteiger partial charge < -0.3 is 20.0 Å². The first-order valence-corrected chi connectivity index (χ1v) is 13.6. The minimum absolute atomic E-state index is 0. The van der Waals surface area contributed by atoms with Gasteiger partial charge in [0.2, 0.25) is 11.7 Å². The van der Waals surface area contributed by atoms with E-state index in [9.17, 15) is 18.8 Å². The molecule has 2 amide bonds. The van der Waals surface area contributed by atoms with Crippen LogP contribution < -0.4 is 10.6 Å². The first-order chi connectivity index (χ1) is 17.6. The fourth-order valence-corrected chi connectivity index (χ4v) is 5.15. The van der Waals surface area contributed by atoms with Crippen molar-refractivity contribution in [2.24, 2.45) is 5.92 Å². The van der Waals surface area contributed by atoms with Gasteiger partial charge in [0.25, 0.3) is 17.0 Å². The molecule has 1 aliphatic rings. The summed E-state index contributed by atoms with van der Waals surface area (Å²) in [6, 6.07) is 4.30. The molecule has 0 bridgehead atoms. The molecule has 38 heavy (non-hydrogen) atoms. The maximum atomic E-state index is 13.7.